The van der Waals surface area contributed by atoms with E-state index in [1.807, 2.05) is 38.1 Å². The van der Waals surface area contributed by atoms with Crippen LogP contribution in [-0.2, 0) is 4.79 Å². The van der Waals surface area contributed by atoms with Gasteiger partial charge in [0.25, 0.3) is 0 Å². The van der Waals surface area contributed by atoms with Gasteiger partial charge in [0, 0.05) is 38.3 Å². The monoisotopic (exact) mass is 453 g/mol. The smallest absolute Gasteiger partial charge is 0.230 e. The standard InChI is InChI=1S/C20H25Cl2N5OS/c1-3-14(2)23-19(28)13-29-20-24-17(22)12-18(25-20)27-10-8-26(9-11-27)16-7-5-4-6-15(16)21/h4-7,12,14H,3,8-11,13H2,1-2H3,(H,23,28). The lowest BCUT2D eigenvalue weighted by atomic mass is 10.2. The quantitative estimate of drug-likeness (QED) is 0.386. The van der Waals surface area contributed by atoms with Gasteiger partial charge in [0.1, 0.15) is 11.0 Å². The number of thioether (sulfide) groups is 1. The zero-order valence-electron chi connectivity index (χ0n) is 16.6. The van der Waals surface area contributed by atoms with Crippen molar-refractivity contribution in [1.29, 1.82) is 0 Å². The molecule has 1 saturated heterocycles. The average Bonchev–Trinajstić information content (AvgIpc) is 2.72. The summed E-state index contributed by atoms with van der Waals surface area (Å²) >= 11 is 13.8. The van der Waals surface area contributed by atoms with Crippen molar-refractivity contribution in [2.75, 3.05) is 41.7 Å². The number of amides is 1. The number of nitrogens with one attached hydrogen (secondary N) is 1. The van der Waals surface area contributed by atoms with Gasteiger partial charge in [-0.3, -0.25) is 4.79 Å². The maximum atomic E-state index is 12.0. The lowest BCUT2D eigenvalue weighted by Gasteiger charge is -2.37. The molecule has 3 rings (SSSR count). The van der Waals surface area contributed by atoms with Crippen LogP contribution in [-0.4, -0.2) is 53.8 Å². The van der Waals surface area contributed by atoms with Crippen LogP contribution >= 0.6 is 35.0 Å². The molecule has 1 aromatic carbocycles. The van der Waals surface area contributed by atoms with Crippen molar-refractivity contribution < 1.29 is 4.79 Å². The lowest BCUT2D eigenvalue weighted by Crippen LogP contribution is -2.47. The fourth-order valence-electron chi connectivity index (χ4n) is 3.05. The van der Waals surface area contributed by atoms with Gasteiger partial charge in [-0.1, -0.05) is 54.0 Å². The first-order valence-corrected chi connectivity index (χ1v) is 11.4. The Morgan fingerprint density at radius 1 is 1.17 bits per heavy atom. The van der Waals surface area contributed by atoms with Gasteiger partial charge < -0.3 is 15.1 Å². The van der Waals surface area contributed by atoms with Crippen LogP contribution in [0, 0.1) is 0 Å². The topological polar surface area (TPSA) is 61.4 Å². The van der Waals surface area contributed by atoms with E-state index in [4.69, 9.17) is 23.2 Å². The van der Waals surface area contributed by atoms with Crippen LogP contribution in [0.2, 0.25) is 10.2 Å². The summed E-state index contributed by atoms with van der Waals surface area (Å²) in [4.78, 5) is 25.3. The van der Waals surface area contributed by atoms with E-state index in [2.05, 4.69) is 25.1 Å². The first kappa shape index (κ1) is 22.0. The minimum Gasteiger partial charge on any atom is -0.367 e. The molecule has 0 saturated carbocycles. The molecule has 1 N–H and O–H groups in total. The second-order valence-corrected chi connectivity index (χ2v) is 8.66. The fraction of sp³-hybridized carbons (Fsp3) is 0.450. The van der Waals surface area contributed by atoms with E-state index in [0.717, 1.165) is 49.1 Å². The van der Waals surface area contributed by atoms with Gasteiger partial charge in [-0.25, -0.2) is 9.97 Å². The summed E-state index contributed by atoms with van der Waals surface area (Å²) < 4.78 is 0. The van der Waals surface area contributed by atoms with Crippen molar-refractivity contribution >= 4 is 52.4 Å². The Labute approximate surface area is 186 Å². The molecule has 156 valence electrons. The molecule has 6 nitrogen and oxygen atoms in total. The summed E-state index contributed by atoms with van der Waals surface area (Å²) in [7, 11) is 0. The number of rotatable bonds is 7. The van der Waals surface area contributed by atoms with Crippen molar-refractivity contribution in [3.8, 4) is 0 Å². The van der Waals surface area contributed by atoms with Crippen molar-refractivity contribution in [3.63, 3.8) is 0 Å². The van der Waals surface area contributed by atoms with Gasteiger partial charge >= 0.3 is 0 Å². The lowest BCUT2D eigenvalue weighted by molar-refractivity contribution is -0.119. The van der Waals surface area contributed by atoms with Gasteiger partial charge in [-0.05, 0) is 25.5 Å². The van der Waals surface area contributed by atoms with Gasteiger partial charge in [0.05, 0.1) is 16.5 Å². The molecule has 1 aliphatic rings. The number of para-hydroxylation sites is 1. The van der Waals surface area contributed by atoms with E-state index in [-0.39, 0.29) is 17.7 Å². The molecule has 1 aromatic heterocycles. The molecular weight excluding hydrogens is 429 g/mol. The molecular formula is C20H25Cl2N5OS. The van der Waals surface area contributed by atoms with Crippen LogP contribution in [0.25, 0.3) is 0 Å². The Kier molecular flexibility index (Phi) is 7.86. The second-order valence-electron chi connectivity index (χ2n) is 6.92. The third-order valence-corrected chi connectivity index (χ3v) is 6.17. The number of nitrogens with zero attached hydrogens (tertiary/aromatic N) is 4. The fourth-order valence-corrected chi connectivity index (χ4v) is 4.19. The first-order chi connectivity index (χ1) is 14.0. The minimum absolute atomic E-state index is 0.0252. The zero-order valence-corrected chi connectivity index (χ0v) is 18.9. The van der Waals surface area contributed by atoms with Crippen molar-refractivity contribution in [1.82, 2.24) is 15.3 Å². The van der Waals surface area contributed by atoms with E-state index in [0.29, 0.717) is 10.3 Å². The highest BCUT2D eigenvalue weighted by Crippen LogP contribution is 2.28. The average molecular weight is 454 g/mol. The van der Waals surface area contributed by atoms with E-state index >= 15 is 0 Å². The SMILES string of the molecule is CCC(C)NC(=O)CSc1nc(Cl)cc(N2CCN(c3ccccc3Cl)CC2)n1. The molecule has 1 amide bonds. The molecule has 2 heterocycles. The molecule has 0 spiro atoms. The highest BCUT2D eigenvalue weighted by atomic mass is 35.5. The van der Waals surface area contributed by atoms with Gasteiger partial charge in [0.15, 0.2) is 5.16 Å². The number of halogens is 2. The molecule has 2 aromatic rings. The molecule has 0 bridgehead atoms. The summed E-state index contributed by atoms with van der Waals surface area (Å²) in [6, 6.07) is 9.82. The van der Waals surface area contributed by atoms with Crippen LogP contribution in [0.3, 0.4) is 0 Å². The maximum absolute atomic E-state index is 12.0. The molecule has 1 fully saturated rings. The number of hydrogen-bond donors (Lipinski definition) is 1. The van der Waals surface area contributed by atoms with Gasteiger partial charge in [-0.15, -0.1) is 0 Å². The number of anilines is 2. The van der Waals surface area contributed by atoms with Crippen LogP contribution in [0.5, 0.6) is 0 Å². The Bertz CT molecular complexity index is 845. The minimum atomic E-state index is -0.0252. The Balaban J connectivity index is 1.60. The van der Waals surface area contributed by atoms with Crippen LogP contribution in [0.4, 0.5) is 11.5 Å². The van der Waals surface area contributed by atoms with Crippen molar-refractivity contribution in [3.05, 3.63) is 40.5 Å². The van der Waals surface area contributed by atoms with Gasteiger partial charge in [-0.2, -0.15) is 0 Å². The summed E-state index contributed by atoms with van der Waals surface area (Å²) in [5.41, 5.74) is 1.05. The number of carbonyl (C=O) groups excluding carboxylic acids is 1. The Hall–Kier alpha value is -1.70. The maximum Gasteiger partial charge on any atom is 0.230 e. The van der Waals surface area contributed by atoms with Crippen LogP contribution in [0.1, 0.15) is 20.3 Å². The van der Waals surface area contributed by atoms with Crippen molar-refractivity contribution in [2.45, 2.75) is 31.5 Å². The summed E-state index contributed by atoms with van der Waals surface area (Å²) in [5, 5.41) is 4.60. The number of hydrogen-bond acceptors (Lipinski definition) is 6. The molecule has 9 heteroatoms. The largest absolute Gasteiger partial charge is 0.367 e. The third-order valence-electron chi connectivity index (χ3n) is 4.81. The summed E-state index contributed by atoms with van der Waals surface area (Å²) in [6.45, 7) is 7.30. The zero-order chi connectivity index (χ0) is 20.8. The molecule has 1 unspecified atom stereocenters. The van der Waals surface area contributed by atoms with E-state index < -0.39 is 0 Å². The van der Waals surface area contributed by atoms with E-state index in [1.54, 1.807) is 6.07 Å². The molecule has 0 aliphatic carbocycles. The Morgan fingerprint density at radius 2 is 1.86 bits per heavy atom. The molecule has 29 heavy (non-hydrogen) atoms. The molecule has 1 aliphatic heterocycles. The number of benzene rings is 1. The number of aromatic nitrogens is 2. The molecule has 1 atom stereocenters. The second kappa shape index (κ2) is 10.4. The number of piperazine rings is 1. The summed E-state index contributed by atoms with van der Waals surface area (Å²) in [5.74, 6) is 1.03. The molecule has 0 radical (unpaired) electrons. The highest BCUT2D eigenvalue weighted by Gasteiger charge is 2.21. The first-order valence-electron chi connectivity index (χ1n) is 9.67. The Morgan fingerprint density at radius 3 is 2.55 bits per heavy atom. The van der Waals surface area contributed by atoms with E-state index in [1.165, 1.54) is 11.8 Å². The summed E-state index contributed by atoms with van der Waals surface area (Å²) in [6.07, 6.45) is 0.897. The van der Waals surface area contributed by atoms with Crippen LogP contribution in [0.15, 0.2) is 35.5 Å². The van der Waals surface area contributed by atoms with Gasteiger partial charge in [0.2, 0.25) is 5.91 Å². The number of carbonyl (C=O) groups is 1. The predicted octanol–water partition coefficient (Wildman–Crippen LogP) is 4.12. The van der Waals surface area contributed by atoms with Crippen molar-refractivity contribution in [2.24, 2.45) is 0 Å². The van der Waals surface area contributed by atoms with Crippen LogP contribution < -0.4 is 15.1 Å². The normalized spacial score (nSPS) is 15.3. The highest BCUT2D eigenvalue weighted by molar-refractivity contribution is 7.99. The van der Waals surface area contributed by atoms with E-state index in [9.17, 15) is 4.79 Å². The third kappa shape index (κ3) is 6.14. The predicted molar refractivity (Wildman–Crippen MR) is 122 cm³/mol.